The predicted molar refractivity (Wildman–Crippen MR) is 160 cm³/mol. The highest BCUT2D eigenvalue weighted by molar-refractivity contribution is 6.00. The van der Waals surface area contributed by atoms with Crippen LogP contribution in [0.2, 0.25) is 0 Å². The van der Waals surface area contributed by atoms with Gasteiger partial charge in [-0.25, -0.2) is 9.78 Å². The number of pyridine rings is 1. The number of carbonyl (C=O) groups excluding carboxylic acids is 6. The topological polar surface area (TPSA) is 165 Å². The van der Waals surface area contributed by atoms with Crippen LogP contribution in [0, 0.1) is 6.92 Å². The number of nitrogens with zero attached hydrogens (tertiary/aromatic N) is 4. The molecule has 2 saturated heterocycles. The van der Waals surface area contributed by atoms with E-state index in [4.69, 9.17) is 14.2 Å². The first-order chi connectivity index (χ1) is 21.6. The molecule has 0 saturated carbocycles. The van der Waals surface area contributed by atoms with E-state index in [0.29, 0.717) is 30.3 Å². The van der Waals surface area contributed by atoms with Gasteiger partial charge in [0.1, 0.15) is 17.5 Å². The van der Waals surface area contributed by atoms with Crippen LogP contribution >= 0.6 is 0 Å². The second-order valence-electron chi connectivity index (χ2n) is 10.7. The number of carbonyl (C=O) groups is 6. The Labute approximate surface area is 260 Å². The van der Waals surface area contributed by atoms with Crippen molar-refractivity contribution in [2.75, 3.05) is 52.5 Å². The van der Waals surface area contributed by atoms with Crippen LogP contribution in [0.4, 0.5) is 4.79 Å². The molecule has 1 unspecified atom stereocenters. The van der Waals surface area contributed by atoms with Crippen molar-refractivity contribution in [3.8, 4) is 5.75 Å². The SMILES string of the molecule is CCOC(=O)CCC(NC(=O)c1cc(OCC(=O)N2CCCC2=O)c2ccc(C)cc2n1)C(=O)N1CCN(C(=O)OCC)CC1. The van der Waals surface area contributed by atoms with Gasteiger partial charge in [0.2, 0.25) is 11.8 Å². The maximum absolute atomic E-state index is 13.6. The number of benzene rings is 1. The minimum Gasteiger partial charge on any atom is -0.483 e. The monoisotopic (exact) mass is 625 g/mol. The van der Waals surface area contributed by atoms with Crippen LogP contribution in [0.25, 0.3) is 10.9 Å². The Morgan fingerprint density at radius 1 is 0.956 bits per heavy atom. The fourth-order valence-electron chi connectivity index (χ4n) is 5.20. The number of aromatic nitrogens is 1. The maximum atomic E-state index is 13.6. The predicted octanol–water partition coefficient (Wildman–Crippen LogP) is 1.81. The Morgan fingerprint density at radius 3 is 2.33 bits per heavy atom. The number of aryl methyl sites for hydroxylation is 1. The van der Waals surface area contributed by atoms with Crippen LogP contribution in [-0.2, 0) is 28.7 Å². The van der Waals surface area contributed by atoms with Crippen molar-refractivity contribution >= 4 is 46.6 Å². The van der Waals surface area contributed by atoms with E-state index in [0.717, 1.165) is 10.5 Å². The second-order valence-corrected chi connectivity index (χ2v) is 10.7. The summed E-state index contributed by atoms with van der Waals surface area (Å²) in [6.07, 6.45) is 0.328. The summed E-state index contributed by atoms with van der Waals surface area (Å²) in [5, 5.41) is 3.29. The third-order valence-corrected chi connectivity index (χ3v) is 7.55. The van der Waals surface area contributed by atoms with Gasteiger partial charge in [-0.2, -0.15) is 0 Å². The molecule has 0 aliphatic carbocycles. The molecule has 2 aromatic rings. The molecule has 242 valence electrons. The van der Waals surface area contributed by atoms with Gasteiger partial charge in [0.25, 0.3) is 11.8 Å². The fraction of sp³-hybridized carbons (Fsp3) is 0.516. The number of nitrogens with one attached hydrogen (secondary N) is 1. The molecule has 2 fully saturated rings. The molecule has 1 aromatic heterocycles. The molecule has 1 aromatic carbocycles. The molecule has 5 amide bonds. The number of imide groups is 1. The Hall–Kier alpha value is -4.75. The van der Waals surface area contributed by atoms with Crippen LogP contribution in [0.15, 0.2) is 24.3 Å². The van der Waals surface area contributed by atoms with Crippen LogP contribution in [0.1, 0.15) is 55.6 Å². The van der Waals surface area contributed by atoms with Gasteiger partial charge in [0.05, 0.1) is 18.7 Å². The number of hydrogen-bond acceptors (Lipinski definition) is 10. The molecule has 2 aliphatic rings. The van der Waals surface area contributed by atoms with Crippen molar-refractivity contribution in [1.82, 2.24) is 25.0 Å². The van der Waals surface area contributed by atoms with Crippen molar-refractivity contribution in [2.45, 2.75) is 52.5 Å². The summed E-state index contributed by atoms with van der Waals surface area (Å²) in [5.41, 5.74) is 1.25. The zero-order valence-corrected chi connectivity index (χ0v) is 25.8. The summed E-state index contributed by atoms with van der Waals surface area (Å²) in [4.78, 5) is 84.8. The van der Waals surface area contributed by atoms with Crippen molar-refractivity contribution in [1.29, 1.82) is 0 Å². The third-order valence-electron chi connectivity index (χ3n) is 7.55. The lowest BCUT2D eigenvalue weighted by Crippen LogP contribution is -2.56. The van der Waals surface area contributed by atoms with Gasteiger partial charge < -0.3 is 29.3 Å². The van der Waals surface area contributed by atoms with Crippen molar-refractivity contribution < 1.29 is 43.0 Å². The molecule has 1 N–H and O–H groups in total. The first-order valence-electron chi connectivity index (χ1n) is 15.2. The highest BCUT2D eigenvalue weighted by Gasteiger charge is 2.32. The zero-order valence-electron chi connectivity index (χ0n) is 25.8. The Bertz CT molecular complexity index is 1450. The molecule has 14 heteroatoms. The molecule has 0 bridgehead atoms. The largest absolute Gasteiger partial charge is 0.483 e. The smallest absolute Gasteiger partial charge is 0.409 e. The molecule has 4 rings (SSSR count). The van der Waals surface area contributed by atoms with Crippen molar-refractivity contribution in [3.63, 3.8) is 0 Å². The molecular weight excluding hydrogens is 586 g/mol. The van der Waals surface area contributed by atoms with E-state index in [1.54, 1.807) is 26.0 Å². The lowest BCUT2D eigenvalue weighted by Gasteiger charge is -2.36. The van der Waals surface area contributed by atoms with Crippen LogP contribution in [0.3, 0.4) is 0 Å². The molecular formula is C31H39N5O9. The van der Waals surface area contributed by atoms with E-state index in [-0.39, 0.29) is 69.6 Å². The summed E-state index contributed by atoms with van der Waals surface area (Å²) in [6, 6.07) is 5.67. The minimum atomic E-state index is -1.09. The lowest BCUT2D eigenvalue weighted by atomic mass is 10.1. The van der Waals surface area contributed by atoms with Crippen molar-refractivity contribution in [3.05, 3.63) is 35.5 Å². The standard InChI is InChI=1S/C31H39N5O9/c1-4-43-28(39)11-10-22(30(41)34-13-15-35(16-14-34)31(42)44-5-2)33-29(40)24-18-25(21-9-8-20(3)17-23(21)32-24)45-19-27(38)36-12-6-7-26(36)37/h8-9,17-18,22H,4-7,10-16,19H2,1-3H3,(H,33,40). The Kier molecular flexibility index (Phi) is 11.3. The van der Waals surface area contributed by atoms with E-state index in [2.05, 4.69) is 10.3 Å². The number of rotatable bonds is 11. The van der Waals surface area contributed by atoms with Gasteiger partial charge >= 0.3 is 12.1 Å². The lowest BCUT2D eigenvalue weighted by molar-refractivity contribution is -0.144. The summed E-state index contributed by atoms with van der Waals surface area (Å²) in [5.74, 6) is -2.11. The van der Waals surface area contributed by atoms with E-state index in [9.17, 15) is 28.8 Å². The van der Waals surface area contributed by atoms with Crippen LogP contribution in [-0.4, -0.2) is 114 Å². The highest BCUT2D eigenvalue weighted by Crippen LogP contribution is 2.27. The minimum absolute atomic E-state index is 0.0179. The maximum Gasteiger partial charge on any atom is 0.409 e. The van der Waals surface area contributed by atoms with Gasteiger partial charge in [0, 0.05) is 57.0 Å². The third kappa shape index (κ3) is 8.46. The van der Waals surface area contributed by atoms with E-state index >= 15 is 0 Å². The molecule has 1 atom stereocenters. The summed E-state index contributed by atoms with van der Waals surface area (Å²) in [6.45, 7) is 6.57. The van der Waals surface area contributed by atoms with Gasteiger partial charge in [-0.15, -0.1) is 0 Å². The number of fused-ring (bicyclic) bond motifs is 1. The number of ether oxygens (including phenoxy) is 3. The summed E-state index contributed by atoms with van der Waals surface area (Å²) >= 11 is 0. The van der Waals surface area contributed by atoms with Crippen LogP contribution in [0.5, 0.6) is 5.75 Å². The number of esters is 1. The fourth-order valence-corrected chi connectivity index (χ4v) is 5.20. The van der Waals surface area contributed by atoms with E-state index < -0.39 is 42.4 Å². The Morgan fingerprint density at radius 2 is 1.67 bits per heavy atom. The molecule has 45 heavy (non-hydrogen) atoms. The first-order valence-corrected chi connectivity index (χ1v) is 15.2. The van der Waals surface area contributed by atoms with Gasteiger partial charge in [-0.1, -0.05) is 6.07 Å². The first kappa shape index (κ1) is 33.1. The van der Waals surface area contributed by atoms with E-state index in [1.165, 1.54) is 15.9 Å². The molecule has 3 heterocycles. The number of hydrogen-bond donors (Lipinski definition) is 1. The summed E-state index contributed by atoms with van der Waals surface area (Å²) < 4.78 is 15.9. The zero-order chi connectivity index (χ0) is 32.5. The van der Waals surface area contributed by atoms with Gasteiger partial charge in [-0.3, -0.25) is 28.9 Å². The van der Waals surface area contributed by atoms with Gasteiger partial charge in [0.15, 0.2) is 6.61 Å². The molecule has 2 aliphatic heterocycles. The second kappa shape index (κ2) is 15.3. The number of piperazine rings is 1. The summed E-state index contributed by atoms with van der Waals surface area (Å²) in [7, 11) is 0. The quantitative estimate of drug-likeness (QED) is 0.364. The van der Waals surface area contributed by atoms with Crippen molar-refractivity contribution in [2.24, 2.45) is 0 Å². The average Bonchev–Trinajstić information content (AvgIpc) is 3.47. The van der Waals surface area contributed by atoms with Gasteiger partial charge in [-0.05, 0) is 51.3 Å². The Balaban J connectivity index is 1.53. The van der Waals surface area contributed by atoms with Crippen LogP contribution < -0.4 is 10.1 Å². The van der Waals surface area contributed by atoms with E-state index in [1.807, 2.05) is 13.0 Å². The molecule has 0 radical (unpaired) electrons. The number of likely N-dealkylation sites (tertiary alicyclic amines) is 1. The average molecular weight is 626 g/mol. The number of amides is 5. The molecule has 14 nitrogen and oxygen atoms in total. The highest BCUT2D eigenvalue weighted by atomic mass is 16.6. The normalized spacial score (nSPS) is 15.5. The molecule has 0 spiro atoms.